The van der Waals surface area contributed by atoms with Crippen LogP contribution in [-0.2, 0) is 10.0 Å². The van der Waals surface area contributed by atoms with Gasteiger partial charge in [-0.2, -0.15) is 0 Å². The molecule has 0 saturated carbocycles. The van der Waals surface area contributed by atoms with Crippen LogP contribution in [0.15, 0.2) is 41.3 Å². The normalized spacial score (nSPS) is 11.4. The van der Waals surface area contributed by atoms with Crippen LogP contribution in [0.25, 0.3) is 0 Å². The standard InChI is InChI=1S/C14H13Cl3N2O3S/c15-9-7-12(16)14(13(17)8-9)22-6-5-19-23(20,21)11-3-1-10(18)2-4-11/h1-4,7-8,19H,5-6,18H2. The van der Waals surface area contributed by atoms with Gasteiger partial charge in [0.25, 0.3) is 0 Å². The van der Waals surface area contributed by atoms with E-state index in [2.05, 4.69) is 4.72 Å². The van der Waals surface area contributed by atoms with Crippen LogP contribution in [0, 0.1) is 0 Å². The van der Waals surface area contributed by atoms with Crippen molar-refractivity contribution in [3.05, 3.63) is 51.5 Å². The number of nitrogens with two attached hydrogens (primary N) is 1. The summed E-state index contributed by atoms with van der Waals surface area (Å²) < 4.78 is 31.9. The lowest BCUT2D eigenvalue weighted by molar-refractivity contribution is 0.323. The summed E-state index contributed by atoms with van der Waals surface area (Å²) in [4.78, 5) is 0.120. The van der Waals surface area contributed by atoms with Gasteiger partial charge >= 0.3 is 0 Å². The van der Waals surface area contributed by atoms with Crippen molar-refractivity contribution in [1.29, 1.82) is 0 Å². The van der Waals surface area contributed by atoms with Crippen LogP contribution < -0.4 is 15.2 Å². The summed E-state index contributed by atoms with van der Waals surface area (Å²) >= 11 is 17.7. The minimum Gasteiger partial charge on any atom is -0.489 e. The van der Waals surface area contributed by atoms with E-state index in [1.165, 1.54) is 36.4 Å². The first-order valence-electron chi connectivity index (χ1n) is 6.42. The van der Waals surface area contributed by atoms with Crippen LogP contribution in [0.4, 0.5) is 5.69 Å². The Morgan fingerprint density at radius 2 is 1.61 bits per heavy atom. The maximum absolute atomic E-state index is 12.1. The number of anilines is 1. The van der Waals surface area contributed by atoms with Gasteiger partial charge in [-0.3, -0.25) is 0 Å². The van der Waals surface area contributed by atoms with Gasteiger partial charge in [0.05, 0.1) is 14.9 Å². The van der Waals surface area contributed by atoms with E-state index in [4.69, 9.17) is 45.3 Å². The van der Waals surface area contributed by atoms with E-state index in [0.29, 0.717) is 10.7 Å². The molecule has 0 aliphatic carbocycles. The highest BCUT2D eigenvalue weighted by atomic mass is 35.5. The number of benzene rings is 2. The molecule has 9 heteroatoms. The zero-order valence-corrected chi connectivity index (χ0v) is 14.8. The molecule has 0 bridgehead atoms. The smallest absolute Gasteiger partial charge is 0.240 e. The molecule has 2 rings (SSSR count). The highest BCUT2D eigenvalue weighted by molar-refractivity contribution is 7.89. The lowest BCUT2D eigenvalue weighted by Gasteiger charge is -2.11. The average molecular weight is 396 g/mol. The maximum Gasteiger partial charge on any atom is 0.240 e. The average Bonchev–Trinajstić information content (AvgIpc) is 2.45. The summed E-state index contributed by atoms with van der Waals surface area (Å²) in [6.07, 6.45) is 0. The molecule has 23 heavy (non-hydrogen) atoms. The van der Waals surface area contributed by atoms with Crippen molar-refractivity contribution in [1.82, 2.24) is 4.72 Å². The molecule has 124 valence electrons. The summed E-state index contributed by atoms with van der Waals surface area (Å²) in [5.74, 6) is 0.254. The molecule has 2 aromatic carbocycles. The SMILES string of the molecule is Nc1ccc(S(=O)(=O)NCCOc2c(Cl)cc(Cl)cc2Cl)cc1. The quantitative estimate of drug-likeness (QED) is 0.578. The molecule has 0 radical (unpaired) electrons. The minimum atomic E-state index is -3.63. The van der Waals surface area contributed by atoms with Crippen LogP contribution in [0.1, 0.15) is 0 Å². The first-order chi connectivity index (χ1) is 10.8. The summed E-state index contributed by atoms with van der Waals surface area (Å²) in [5, 5.41) is 0.893. The third-order valence-corrected chi connectivity index (χ3v) is 5.05. The second-order valence-electron chi connectivity index (χ2n) is 4.51. The number of hydrogen-bond donors (Lipinski definition) is 2. The Morgan fingerprint density at radius 1 is 1.04 bits per heavy atom. The minimum absolute atomic E-state index is 0.0436. The molecule has 0 aromatic heterocycles. The van der Waals surface area contributed by atoms with E-state index < -0.39 is 10.0 Å². The number of hydrogen-bond acceptors (Lipinski definition) is 4. The first-order valence-corrected chi connectivity index (χ1v) is 9.04. The van der Waals surface area contributed by atoms with E-state index in [-0.39, 0.29) is 33.8 Å². The molecular formula is C14H13Cl3N2O3S. The highest BCUT2D eigenvalue weighted by Crippen LogP contribution is 2.35. The van der Waals surface area contributed by atoms with Crippen LogP contribution >= 0.6 is 34.8 Å². The van der Waals surface area contributed by atoms with Crippen molar-refractivity contribution in [2.45, 2.75) is 4.90 Å². The van der Waals surface area contributed by atoms with E-state index in [9.17, 15) is 8.42 Å². The Hall–Kier alpha value is -1.18. The molecule has 3 N–H and O–H groups in total. The molecule has 0 fully saturated rings. The molecule has 0 atom stereocenters. The van der Waals surface area contributed by atoms with Crippen molar-refractivity contribution in [3.8, 4) is 5.75 Å². The Kier molecular flexibility index (Phi) is 6.00. The van der Waals surface area contributed by atoms with Gasteiger partial charge in [0.15, 0.2) is 5.75 Å². The molecular weight excluding hydrogens is 383 g/mol. The van der Waals surface area contributed by atoms with Gasteiger partial charge < -0.3 is 10.5 Å². The van der Waals surface area contributed by atoms with Crippen LogP contribution in [0.5, 0.6) is 5.75 Å². The Bertz CT molecular complexity index is 772. The highest BCUT2D eigenvalue weighted by Gasteiger charge is 2.14. The number of rotatable bonds is 6. The van der Waals surface area contributed by atoms with Gasteiger partial charge in [0.1, 0.15) is 6.61 Å². The Morgan fingerprint density at radius 3 is 2.17 bits per heavy atom. The predicted molar refractivity (Wildman–Crippen MR) is 93.0 cm³/mol. The van der Waals surface area contributed by atoms with Gasteiger partial charge in [-0.1, -0.05) is 34.8 Å². The zero-order valence-electron chi connectivity index (χ0n) is 11.7. The van der Waals surface area contributed by atoms with E-state index >= 15 is 0 Å². The molecule has 0 heterocycles. The van der Waals surface area contributed by atoms with Crippen LogP contribution in [-0.4, -0.2) is 21.6 Å². The van der Waals surface area contributed by atoms with E-state index in [1.54, 1.807) is 0 Å². The maximum atomic E-state index is 12.1. The van der Waals surface area contributed by atoms with Crippen molar-refractivity contribution in [2.75, 3.05) is 18.9 Å². The van der Waals surface area contributed by atoms with Crippen molar-refractivity contribution in [2.24, 2.45) is 0 Å². The molecule has 0 amide bonds. The summed E-state index contributed by atoms with van der Waals surface area (Å²) in [6.45, 7) is 0.0945. The largest absolute Gasteiger partial charge is 0.489 e. The first kappa shape index (κ1) is 18.2. The second kappa shape index (κ2) is 7.59. The van der Waals surface area contributed by atoms with Gasteiger partial charge in [-0.25, -0.2) is 13.1 Å². The Labute approximate surface area is 149 Å². The van der Waals surface area contributed by atoms with Crippen molar-refractivity contribution < 1.29 is 13.2 Å². The fourth-order valence-electron chi connectivity index (χ4n) is 1.73. The van der Waals surface area contributed by atoms with Crippen LogP contribution in [0.2, 0.25) is 15.1 Å². The van der Waals surface area contributed by atoms with Gasteiger partial charge in [-0.15, -0.1) is 0 Å². The number of ether oxygens (including phenoxy) is 1. The van der Waals surface area contributed by atoms with Crippen LogP contribution in [0.3, 0.4) is 0 Å². The summed E-state index contributed by atoms with van der Waals surface area (Å²) in [6, 6.07) is 8.85. The third-order valence-electron chi connectivity index (χ3n) is 2.79. The number of nitrogens with one attached hydrogen (secondary N) is 1. The molecule has 0 unspecified atom stereocenters. The molecule has 2 aromatic rings. The molecule has 0 aliphatic heterocycles. The Balaban J connectivity index is 1.94. The predicted octanol–water partition coefficient (Wildman–Crippen LogP) is 3.59. The summed E-state index contributed by atoms with van der Waals surface area (Å²) in [5.41, 5.74) is 6.01. The zero-order chi connectivity index (χ0) is 17.0. The van der Waals surface area contributed by atoms with Gasteiger partial charge in [-0.05, 0) is 36.4 Å². The number of halogens is 3. The number of nitrogen functional groups attached to an aromatic ring is 1. The molecule has 0 aliphatic rings. The lowest BCUT2D eigenvalue weighted by Crippen LogP contribution is -2.28. The summed E-state index contributed by atoms with van der Waals surface area (Å²) in [7, 11) is -3.63. The molecule has 0 saturated heterocycles. The molecule has 5 nitrogen and oxygen atoms in total. The third kappa shape index (κ3) is 4.89. The fraction of sp³-hybridized carbons (Fsp3) is 0.143. The topological polar surface area (TPSA) is 81.4 Å². The van der Waals surface area contributed by atoms with Crippen molar-refractivity contribution in [3.63, 3.8) is 0 Å². The molecule has 0 spiro atoms. The fourth-order valence-corrected chi connectivity index (χ4v) is 3.67. The second-order valence-corrected chi connectivity index (χ2v) is 7.53. The van der Waals surface area contributed by atoms with Crippen molar-refractivity contribution >= 4 is 50.5 Å². The van der Waals surface area contributed by atoms with Gasteiger partial charge in [0.2, 0.25) is 10.0 Å². The van der Waals surface area contributed by atoms with E-state index in [0.717, 1.165) is 0 Å². The van der Waals surface area contributed by atoms with E-state index in [1.807, 2.05) is 0 Å². The number of sulfonamides is 1. The monoisotopic (exact) mass is 394 g/mol. The lowest BCUT2D eigenvalue weighted by atomic mass is 10.3. The van der Waals surface area contributed by atoms with Gasteiger partial charge in [0, 0.05) is 17.3 Å².